The van der Waals surface area contributed by atoms with Gasteiger partial charge in [0.1, 0.15) is 5.82 Å². The number of aromatic nitrogens is 2. The summed E-state index contributed by atoms with van der Waals surface area (Å²) < 4.78 is 12.0. The van der Waals surface area contributed by atoms with Gasteiger partial charge in [-0.3, -0.25) is 0 Å². The van der Waals surface area contributed by atoms with Crippen molar-refractivity contribution >= 4 is 43.2 Å². The molecule has 0 radical (unpaired) electrons. The first-order valence-electron chi connectivity index (χ1n) is 6.61. The lowest BCUT2D eigenvalue weighted by molar-refractivity contribution is 0.00578. The van der Waals surface area contributed by atoms with Gasteiger partial charge in [0.2, 0.25) is 5.28 Å². The summed E-state index contributed by atoms with van der Waals surface area (Å²) in [5.74, 6) is 0.782. The summed E-state index contributed by atoms with van der Waals surface area (Å²) in [7, 11) is -0.470. The maximum atomic E-state index is 6.01. The van der Waals surface area contributed by atoms with Crippen LogP contribution in [0.25, 0.3) is 6.08 Å². The minimum atomic E-state index is -0.470. The fourth-order valence-corrected chi connectivity index (χ4v) is 2.26. The third-order valence-electron chi connectivity index (χ3n) is 3.90. The Bertz CT molecular complexity index is 565. The number of anilines is 1. The highest BCUT2D eigenvalue weighted by molar-refractivity contribution is 7.80. The molecule has 0 amide bonds. The van der Waals surface area contributed by atoms with Crippen LogP contribution in [0.3, 0.4) is 0 Å². The summed E-state index contributed by atoms with van der Waals surface area (Å²) in [4.78, 5) is 7.86. The smallest absolute Gasteiger partial charge is 0.400 e. The van der Waals surface area contributed by atoms with Crippen LogP contribution in [-0.4, -0.2) is 34.0 Å². The summed E-state index contributed by atoms with van der Waals surface area (Å²) in [6, 6.07) is 0. The van der Waals surface area contributed by atoms with Crippen LogP contribution in [0.4, 0.5) is 5.82 Å². The number of halogens is 1. The van der Waals surface area contributed by atoms with Gasteiger partial charge in [0.25, 0.3) is 0 Å². The molecule has 0 bridgehead atoms. The fraction of sp³-hybridized carbons (Fsp3) is 0.538. The summed E-state index contributed by atoms with van der Waals surface area (Å²) in [6.45, 7) is 8.01. The molecule has 0 spiro atoms. The minimum absolute atomic E-state index is 0.118. The standard InChI is InChI=1S/C13H19BClN3O2S/c1-12(2)13(3,4)20-14(19-12)9(7-21)5-8-6-17-11(15)18-10(8)16/h5-6,21H,7H2,1-4H3,(H2,16,17,18). The molecule has 0 unspecified atom stereocenters. The molecule has 0 aliphatic carbocycles. The maximum Gasteiger partial charge on any atom is 0.491 e. The lowest BCUT2D eigenvalue weighted by atomic mass is 9.78. The molecule has 0 atom stereocenters. The first-order chi connectivity index (χ1) is 9.66. The molecule has 5 nitrogen and oxygen atoms in total. The van der Waals surface area contributed by atoms with Crippen molar-refractivity contribution in [1.29, 1.82) is 0 Å². The second-order valence-corrected chi connectivity index (χ2v) is 6.60. The number of nitrogens with zero attached hydrogens (tertiary/aromatic N) is 2. The van der Waals surface area contributed by atoms with Crippen molar-refractivity contribution in [1.82, 2.24) is 9.97 Å². The Morgan fingerprint density at radius 3 is 2.43 bits per heavy atom. The van der Waals surface area contributed by atoms with E-state index in [2.05, 4.69) is 22.6 Å². The van der Waals surface area contributed by atoms with Crippen LogP contribution >= 0.6 is 24.2 Å². The average molecular weight is 328 g/mol. The van der Waals surface area contributed by atoms with Gasteiger partial charge in [-0.05, 0) is 44.8 Å². The zero-order valence-corrected chi connectivity index (χ0v) is 14.2. The molecule has 0 aromatic carbocycles. The third-order valence-corrected chi connectivity index (χ3v) is 4.45. The van der Waals surface area contributed by atoms with Gasteiger partial charge in [-0.25, -0.2) is 9.97 Å². The Morgan fingerprint density at radius 1 is 1.38 bits per heavy atom. The molecule has 1 aromatic rings. The Hall–Kier alpha value is -0.755. The van der Waals surface area contributed by atoms with E-state index in [0.29, 0.717) is 17.1 Å². The number of thiol groups is 1. The number of nitrogen functional groups attached to an aromatic ring is 1. The van der Waals surface area contributed by atoms with Crippen LogP contribution in [-0.2, 0) is 9.31 Å². The number of nitrogens with two attached hydrogens (primary N) is 1. The third kappa shape index (κ3) is 3.36. The minimum Gasteiger partial charge on any atom is -0.400 e. The van der Waals surface area contributed by atoms with E-state index in [4.69, 9.17) is 26.6 Å². The fourth-order valence-electron chi connectivity index (χ4n) is 1.88. The molecule has 1 aliphatic heterocycles. The van der Waals surface area contributed by atoms with Crippen molar-refractivity contribution in [3.05, 3.63) is 22.5 Å². The second kappa shape index (κ2) is 5.80. The van der Waals surface area contributed by atoms with Crippen molar-refractivity contribution < 1.29 is 9.31 Å². The first-order valence-corrected chi connectivity index (χ1v) is 7.62. The zero-order chi connectivity index (χ0) is 15.8. The molecular weight excluding hydrogens is 308 g/mol. The molecule has 21 heavy (non-hydrogen) atoms. The molecule has 2 rings (SSSR count). The Morgan fingerprint density at radius 2 is 1.95 bits per heavy atom. The summed E-state index contributed by atoms with van der Waals surface area (Å²) in [6.07, 6.45) is 3.40. The van der Waals surface area contributed by atoms with Gasteiger partial charge in [0.15, 0.2) is 0 Å². The summed E-state index contributed by atoms with van der Waals surface area (Å²) >= 11 is 10.1. The van der Waals surface area contributed by atoms with Gasteiger partial charge in [-0.15, -0.1) is 0 Å². The predicted molar refractivity (Wildman–Crippen MR) is 89.4 cm³/mol. The summed E-state index contributed by atoms with van der Waals surface area (Å²) in [5, 5.41) is 0.118. The zero-order valence-electron chi connectivity index (χ0n) is 12.6. The predicted octanol–water partition coefficient (Wildman–Crippen LogP) is 2.66. The molecule has 2 heterocycles. The van der Waals surface area contributed by atoms with Crippen molar-refractivity contribution in [2.75, 3.05) is 11.5 Å². The first kappa shape index (κ1) is 16.6. The number of hydrogen-bond acceptors (Lipinski definition) is 6. The molecular formula is C13H19BClN3O2S. The normalized spacial score (nSPS) is 20.9. The Balaban J connectivity index is 2.31. The van der Waals surface area contributed by atoms with Gasteiger partial charge in [0.05, 0.1) is 11.2 Å². The average Bonchev–Trinajstić information content (AvgIpc) is 2.57. The van der Waals surface area contributed by atoms with Gasteiger partial charge in [0, 0.05) is 17.5 Å². The van der Waals surface area contributed by atoms with Crippen LogP contribution < -0.4 is 5.73 Å². The highest BCUT2D eigenvalue weighted by atomic mass is 35.5. The van der Waals surface area contributed by atoms with E-state index in [0.717, 1.165) is 5.47 Å². The maximum absolute atomic E-state index is 6.01. The second-order valence-electron chi connectivity index (χ2n) is 5.95. The van der Waals surface area contributed by atoms with Crippen LogP contribution in [0.1, 0.15) is 33.3 Å². The lowest BCUT2D eigenvalue weighted by Gasteiger charge is -2.32. The van der Waals surface area contributed by atoms with E-state index in [1.165, 1.54) is 0 Å². The molecule has 2 N–H and O–H groups in total. The van der Waals surface area contributed by atoms with E-state index in [1.54, 1.807) is 6.20 Å². The van der Waals surface area contributed by atoms with Gasteiger partial charge >= 0.3 is 7.12 Å². The lowest BCUT2D eigenvalue weighted by Crippen LogP contribution is -2.41. The molecule has 1 aliphatic rings. The molecule has 0 saturated carbocycles. The van der Waals surface area contributed by atoms with Crippen molar-refractivity contribution in [2.45, 2.75) is 38.9 Å². The monoisotopic (exact) mass is 327 g/mol. The van der Waals surface area contributed by atoms with E-state index in [9.17, 15) is 0 Å². The molecule has 8 heteroatoms. The topological polar surface area (TPSA) is 70.3 Å². The van der Waals surface area contributed by atoms with Gasteiger partial charge in [-0.2, -0.15) is 12.6 Å². The highest BCUT2D eigenvalue weighted by Crippen LogP contribution is 2.39. The van der Waals surface area contributed by atoms with Crippen LogP contribution in [0, 0.1) is 0 Å². The molecule has 1 aromatic heterocycles. The van der Waals surface area contributed by atoms with Gasteiger partial charge < -0.3 is 15.0 Å². The molecule has 1 saturated heterocycles. The van der Waals surface area contributed by atoms with E-state index < -0.39 is 18.3 Å². The molecule has 114 valence electrons. The van der Waals surface area contributed by atoms with Crippen molar-refractivity contribution in [3.63, 3.8) is 0 Å². The van der Waals surface area contributed by atoms with Crippen LogP contribution in [0.2, 0.25) is 5.28 Å². The van der Waals surface area contributed by atoms with E-state index >= 15 is 0 Å². The highest BCUT2D eigenvalue weighted by Gasteiger charge is 2.52. The number of rotatable bonds is 3. The largest absolute Gasteiger partial charge is 0.491 e. The van der Waals surface area contributed by atoms with Crippen LogP contribution in [0.5, 0.6) is 0 Å². The summed E-state index contributed by atoms with van der Waals surface area (Å²) in [5.41, 5.74) is 6.56. The Kier molecular flexibility index (Phi) is 4.59. The Labute approximate surface area is 135 Å². The van der Waals surface area contributed by atoms with Crippen molar-refractivity contribution in [2.24, 2.45) is 0 Å². The quantitative estimate of drug-likeness (QED) is 0.507. The SMILES string of the molecule is CC1(C)OB(C(=Cc2cnc(Cl)nc2N)CS)OC1(C)C. The van der Waals surface area contributed by atoms with Crippen LogP contribution in [0.15, 0.2) is 11.7 Å². The van der Waals surface area contributed by atoms with E-state index in [1.807, 2.05) is 33.8 Å². The molecule has 1 fully saturated rings. The van der Waals surface area contributed by atoms with Crippen molar-refractivity contribution in [3.8, 4) is 0 Å². The van der Waals surface area contributed by atoms with Gasteiger partial charge in [-0.1, -0.05) is 6.08 Å². The number of hydrogen-bond donors (Lipinski definition) is 2. The van der Waals surface area contributed by atoms with E-state index in [-0.39, 0.29) is 5.28 Å².